The van der Waals surface area contributed by atoms with Crippen molar-refractivity contribution in [3.05, 3.63) is 48.0 Å². The number of carbonyl (C=O) groups is 1. The van der Waals surface area contributed by atoms with Gasteiger partial charge in [-0.3, -0.25) is 4.79 Å². The van der Waals surface area contributed by atoms with Gasteiger partial charge in [0.2, 0.25) is 0 Å². The van der Waals surface area contributed by atoms with E-state index in [4.69, 9.17) is 0 Å². The SMILES string of the molecule is CNc1ccc(C(=O)N(C)Cc2nccn2C)cc1. The molecule has 2 aromatic rings. The van der Waals surface area contributed by atoms with Crippen LogP contribution in [-0.4, -0.2) is 34.5 Å². The van der Waals surface area contributed by atoms with Crippen LogP contribution < -0.4 is 5.32 Å². The van der Waals surface area contributed by atoms with Gasteiger partial charge in [-0.2, -0.15) is 0 Å². The number of carbonyl (C=O) groups excluding carboxylic acids is 1. The average Bonchev–Trinajstić information content (AvgIpc) is 2.83. The lowest BCUT2D eigenvalue weighted by Crippen LogP contribution is -2.27. The van der Waals surface area contributed by atoms with Crippen molar-refractivity contribution < 1.29 is 4.79 Å². The van der Waals surface area contributed by atoms with Crippen LogP contribution in [0.15, 0.2) is 36.7 Å². The highest BCUT2D eigenvalue weighted by Crippen LogP contribution is 2.11. The van der Waals surface area contributed by atoms with Crippen molar-refractivity contribution >= 4 is 11.6 Å². The fourth-order valence-electron chi connectivity index (χ4n) is 1.83. The molecule has 0 aliphatic carbocycles. The Bertz CT molecular complexity index is 559. The van der Waals surface area contributed by atoms with Gasteiger partial charge in [0.15, 0.2) is 0 Å². The summed E-state index contributed by atoms with van der Waals surface area (Å²) in [5.74, 6) is 0.855. The molecule has 2 rings (SSSR count). The number of benzene rings is 1. The molecule has 0 unspecified atom stereocenters. The van der Waals surface area contributed by atoms with Crippen LogP contribution in [0.3, 0.4) is 0 Å². The summed E-state index contributed by atoms with van der Waals surface area (Å²) in [6.45, 7) is 0.496. The molecule has 1 aromatic heterocycles. The Morgan fingerprint density at radius 3 is 2.58 bits per heavy atom. The van der Waals surface area contributed by atoms with Gasteiger partial charge in [-0.05, 0) is 24.3 Å². The second-order valence-electron chi connectivity index (χ2n) is 4.44. The second-order valence-corrected chi connectivity index (χ2v) is 4.44. The van der Waals surface area contributed by atoms with E-state index in [2.05, 4.69) is 10.3 Å². The molecule has 0 radical (unpaired) electrons. The fourth-order valence-corrected chi connectivity index (χ4v) is 1.83. The number of aryl methyl sites for hydroxylation is 1. The molecule has 19 heavy (non-hydrogen) atoms. The minimum Gasteiger partial charge on any atom is -0.388 e. The Hall–Kier alpha value is -2.30. The Morgan fingerprint density at radius 1 is 1.37 bits per heavy atom. The largest absolute Gasteiger partial charge is 0.388 e. The van der Waals surface area contributed by atoms with E-state index in [9.17, 15) is 4.79 Å². The van der Waals surface area contributed by atoms with Crippen molar-refractivity contribution in [2.45, 2.75) is 6.54 Å². The average molecular weight is 258 g/mol. The maximum absolute atomic E-state index is 12.3. The number of amides is 1. The molecule has 5 heteroatoms. The highest BCUT2D eigenvalue weighted by atomic mass is 16.2. The standard InChI is InChI=1S/C14H18N4O/c1-15-12-6-4-11(5-7-12)14(19)18(3)10-13-16-8-9-17(13)2/h4-9,15H,10H2,1-3H3. The summed E-state index contributed by atoms with van der Waals surface area (Å²) in [5, 5.41) is 3.03. The van der Waals surface area contributed by atoms with Crippen LogP contribution in [0, 0.1) is 0 Å². The molecule has 0 atom stereocenters. The first kappa shape index (κ1) is 13.1. The number of nitrogens with one attached hydrogen (secondary N) is 1. The van der Waals surface area contributed by atoms with Crippen LogP contribution in [0.2, 0.25) is 0 Å². The first-order valence-corrected chi connectivity index (χ1v) is 6.11. The van der Waals surface area contributed by atoms with Gasteiger partial charge >= 0.3 is 0 Å². The van der Waals surface area contributed by atoms with Gasteiger partial charge in [0.1, 0.15) is 5.82 Å². The summed E-state index contributed by atoms with van der Waals surface area (Å²) in [4.78, 5) is 18.1. The topological polar surface area (TPSA) is 50.2 Å². The molecular weight excluding hydrogens is 240 g/mol. The molecule has 100 valence electrons. The zero-order valence-electron chi connectivity index (χ0n) is 11.4. The Labute approximate surface area is 112 Å². The quantitative estimate of drug-likeness (QED) is 0.908. The molecular formula is C14H18N4O. The van der Waals surface area contributed by atoms with E-state index in [-0.39, 0.29) is 5.91 Å². The summed E-state index contributed by atoms with van der Waals surface area (Å²) >= 11 is 0. The molecule has 0 saturated carbocycles. The molecule has 0 saturated heterocycles. The molecule has 0 aliphatic rings. The number of anilines is 1. The van der Waals surface area contributed by atoms with Gasteiger partial charge in [-0.15, -0.1) is 0 Å². The van der Waals surface area contributed by atoms with Crippen molar-refractivity contribution in [2.75, 3.05) is 19.4 Å². The predicted molar refractivity (Wildman–Crippen MR) is 75.0 cm³/mol. The van der Waals surface area contributed by atoms with Crippen LogP contribution in [0.1, 0.15) is 16.2 Å². The number of nitrogens with zero attached hydrogens (tertiary/aromatic N) is 3. The molecule has 0 aliphatic heterocycles. The molecule has 1 heterocycles. The summed E-state index contributed by atoms with van der Waals surface area (Å²) in [6.07, 6.45) is 3.60. The maximum Gasteiger partial charge on any atom is 0.254 e. The van der Waals surface area contributed by atoms with E-state index in [1.807, 2.05) is 49.1 Å². The smallest absolute Gasteiger partial charge is 0.254 e. The number of rotatable bonds is 4. The third-order valence-corrected chi connectivity index (χ3v) is 3.07. The van der Waals surface area contributed by atoms with Crippen molar-refractivity contribution in [1.82, 2.24) is 14.5 Å². The van der Waals surface area contributed by atoms with Crippen LogP contribution in [0.4, 0.5) is 5.69 Å². The zero-order valence-corrected chi connectivity index (χ0v) is 11.4. The summed E-state index contributed by atoms with van der Waals surface area (Å²) < 4.78 is 1.91. The predicted octanol–water partition coefficient (Wildman–Crippen LogP) is 1.73. The van der Waals surface area contributed by atoms with Gasteiger partial charge in [-0.25, -0.2) is 4.98 Å². The Morgan fingerprint density at radius 2 is 2.05 bits per heavy atom. The monoisotopic (exact) mass is 258 g/mol. The van der Waals surface area contributed by atoms with Crippen molar-refractivity contribution in [3.8, 4) is 0 Å². The van der Waals surface area contributed by atoms with E-state index in [1.165, 1.54) is 0 Å². The number of hydrogen-bond acceptors (Lipinski definition) is 3. The summed E-state index contributed by atoms with van der Waals surface area (Å²) in [6, 6.07) is 7.43. The van der Waals surface area contributed by atoms with Gasteiger partial charge in [-0.1, -0.05) is 0 Å². The van der Waals surface area contributed by atoms with E-state index in [0.29, 0.717) is 12.1 Å². The zero-order chi connectivity index (χ0) is 13.8. The minimum absolute atomic E-state index is 0.00865. The first-order chi connectivity index (χ1) is 9.11. The van der Waals surface area contributed by atoms with Crippen molar-refractivity contribution in [1.29, 1.82) is 0 Å². The van der Waals surface area contributed by atoms with Gasteiger partial charge in [0.05, 0.1) is 6.54 Å². The highest BCUT2D eigenvalue weighted by Gasteiger charge is 2.13. The van der Waals surface area contributed by atoms with E-state index >= 15 is 0 Å². The minimum atomic E-state index is -0.00865. The molecule has 0 bridgehead atoms. The summed E-state index contributed by atoms with van der Waals surface area (Å²) in [7, 11) is 5.55. The lowest BCUT2D eigenvalue weighted by Gasteiger charge is -2.17. The first-order valence-electron chi connectivity index (χ1n) is 6.11. The third-order valence-electron chi connectivity index (χ3n) is 3.07. The van der Waals surface area contributed by atoms with Gasteiger partial charge in [0, 0.05) is 44.8 Å². The molecule has 1 amide bonds. The van der Waals surface area contributed by atoms with E-state index in [0.717, 1.165) is 11.5 Å². The Balaban J connectivity index is 2.08. The van der Waals surface area contributed by atoms with Crippen LogP contribution >= 0.6 is 0 Å². The molecule has 1 aromatic carbocycles. The van der Waals surface area contributed by atoms with Crippen LogP contribution in [-0.2, 0) is 13.6 Å². The maximum atomic E-state index is 12.3. The molecule has 5 nitrogen and oxygen atoms in total. The lowest BCUT2D eigenvalue weighted by atomic mass is 10.2. The molecule has 0 fully saturated rings. The van der Waals surface area contributed by atoms with Crippen LogP contribution in [0.25, 0.3) is 0 Å². The third kappa shape index (κ3) is 2.93. The normalized spacial score (nSPS) is 10.3. The number of hydrogen-bond donors (Lipinski definition) is 1. The molecule has 1 N–H and O–H groups in total. The van der Waals surface area contributed by atoms with Crippen molar-refractivity contribution in [3.63, 3.8) is 0 Å². The van der Waals surface area contributed by atoms with E-state index < -0.39 is 0 Å². The Kier molecular flexibility index (Phi) is 3.85. The summed E-state index contributed by atoms with van der Waals surface area (Å²) in [5.41, 5.74) is 1.67. The van der Waals surface area contributed by atoms with Crippen molar-refractivity contribution in [2.24, 2.45) is 7.05 Å². The number of imidazole rings is 1. The van der Waals surface area contributed by atoms with E-state index in [1.54, 1.807) is 18.1 Å². The van der Waals surface area contributed by atoms with Gasteiger partial charge in [0.25, 0.3) is 5.91 Å². The highest BCUT2D eigenvalue weighted by molar-refractivity contribution is 5.94. The molecule has 0 spiro atoms. The lowest BCUT2D eigenvalue weighted by molar-refractivity contribution is 0.0780. The fraction of sp³-hybridized carbons (Fsp3) is 0.286. The van der Waals surface area contributed by atoms with Crippen LogP contribution in [0.5, 0.6) is 0 Å². The second kappa shape index (κ2) is 5.56. The number of aromatic nitrogens is 2. The van der Waals surface area contributed by atoms with Gasteiger partial charge < -0.3 is 14.8 Å².